The molecule has 0 aromatic heterocycles. The second kappa shape index (κ2) is 7.05. The minimum Gasteiger partial charge on any atom is -0.325 e. The van der Waals surface area contributed by atoms with Gasteiger partial charge in [0, 0.05) is 30.9 Å². The van der Waals surface area contributed by atoms with Gasteiger partial charge in [0.05, 0.1) is 6.54 Å². The van der Waals surface area contributed by atoms with Crippen LogP contribution in [0.5, 0.6) is 0 Å². The number of rotatable bonds is 4. The van der Waals surface area contributed by atoms with Crippen molar-refractivity contribution in [2.45, 2.75) is 45.7 Å². The maximum Gasteiger partial charge on any atom is 0.238 e. The summed E-state index contributed by atoms with van der Waals surface area (Å²) in [6.45, 7) is 10.9. The number of nitrogens with one attached hydrogen (secondary N) is 2. The van der Waals surface area contributed by atoms with Gasteiger partial charge >= 0.3 is 0 Å². The fraction of sp³-hybridized carbons (Fsp3) is 0.588. The number of nitrogens with zero attached hydrogens (tertiary/aromatic N) is 1. The molecule has 1 aromatic rings. The Bertz CT molecular complexity index is 477. The first-order chi connectivity index (χ1) is 9.95. The van der Waals surface area contributed by atoms with Crippen LogP contribution >= 0.6 is 0 Å². The highest BCUT2D eigenvalue weighted by atomic mass is 16.2. The molecule has 1 aromatic carbocycles. The molecular formula is C17H27N3O. The highest BCUT2D eigenvalue weighted by Crippen LogP contribution is 2.23. The quantitative estimate of drug-likeness (QED) is 0.895. The molecule has 0 saturated carbocycles. The number of carbonyl (C=O) groups is 1. The highest BCUT2D eigenvalue weighted by Gasteiger charge is 2.22. The number of para-hydroxylation sites is 1. The monoisotopic (exact) mass is 289 g/mol. The molecule has 2 rings (SSSR count). The van der Waals surface area contributed by atoms with Crippen molar-refractivity contribution < 1.29 is 4.79 Å². The van der Waals surface area contributed by atoms with Crippen LogP contribution in [0.2, 0.25) is 0 Å². The third kappa shape index (κ3) is 4.55. The molecule has 0 spiro atoms. The van der Waals surface area contributed by atoms with Gasteiger partial charge in [-0.25, -0.2) is 0 Å². The lowest BCUT2D eigenvalue weighted by atomic mass is 10.0. The van der Waals surface area contributed by atoms with Crippen LogP contribution in [0.3, 0.4) is 0 Å². The van der Waals surface area contributed by atoms with Gasteiger partial charge in [0.15, 0.2) is 0 Å². The smallest absolute Gasteiger partial charge is 0.238 e. The van der Waals surface area contributed by atoms with Crippen LogP contribution in [0.15, 0.2) is 24.3 Å². The number of hydrogen-bond donors (Lipinski definition) is 2. The van der Waals surface area contributed by atoms with E-state index < -0.39 is 0 Å². The SMILES string of the molecule is CC1CN(CC(=O)Nc2ccccc2C(C)C)CC(C)N1. The van der Waals surface area contributed by atoms with Gasteiger partial charge in [0.25, 0.3) is 0 Å². The molecule has 116 valence electrons. The van der Waals surface area contributed by atoms with Gasteiger partial charge in [-0.2, -0.15) is 0 Å². The Morgan fingerprint density at radius 2 is 1.90 bits per heavy atom. The van der Waals surface area contributed by atoms with Crippen LogP contribution in [-0.4, -0.2) is 42.5 Å². The Labute approximate surface area is 127 Å². The summed E-state index contributed by atoms with van der Waals surface area (Å²) >= 11 is 0. The van der Waals surface area contributed by atoms with E-state index in [-0.39, 0.29) is 5.91 Å². The fourth-order valence-corrected chi connectivity index (χ4v) is 3.08. The van der Waals surface area contributed by atoms with Gasteiger partial charge in [-0.05, 0) is 31.4 Å². The number of benzene rings is 1. The van der Waals surface area contributed by atoms with Crippen LogP contribution in [-0.2, 0) is 4.79 Å². The van der Waals surface area contributed by atoms with Crippen LogP contribution in [0.25, 0.3) is 0 Å². The molecule has 21 heavy (non-hydrogen) atoms. The number of anilines is 1. The van der Waals surface area contributed by atoms with Crippen molar-refractivity contribution >= 4 is 11.6 Å². The number of carbonyl (C=O) groups excluding carboxylic acids is 1. The van der Waals surface area contributed by atoms with Crippen LogP contribution in [0.4, 0.5) is 5.69 Å². The summed E-state index contributed by atoms with van der Waals surface area (Å²) in [5.41, 5.74) is 2.13. The minimum atomic E-state index is 0.0735. The van der Waals surface area contributed by atoms with Crippen molar-refractivity contribution in [3.8, 4) is 0 Å². The second-order valence-corrected chi connectivity index (χ2v) is 6.45. The van der Waals surface area contributed by atoms with Gasteiger partial charge in [-0.1, -0.05) is 32.0 Å². The van der Waals surface area contributed by atoms with E-state index in [2.05, 4.69) is 49.3 Å². The lowest BCUT2D eigenvalue weighted by Crippen LogP contribution is -2.55. The van der Waals surface area contributed by atoms with E-state index >= 15 is 0 Å². The second-order valence-electron chi connectivity index (χ2n) is 6.45. The first-order valence-corrected chi connectivity index (χ1v) is 7.83. The Balaban J connectivity index is 1.96. The molecule has 1 aliphatic rings. The van der Waals surface area contributed by atoms with Gasteiger partial charge in [0.2, 0.25) is 5.91 Å². The molecular weight excluding hydrogens is 262 g/mol. The first kappa shape index (κ1) is 16.0. The molecule has 0 aliphatic carbocycles. The standard InChI is InChI=1S/C17H27N3O/c1-12(2)15-7-5-6-8-16(15)19-17(21)11-20-9-13(3)18-14(4)10-20/h5-8,12-14,18H,9-11H2,1-4H3,(H,19,21). The molecule has 1 saturated heterocycles. The lowest BCUT2D eigenvalue weighted by Gasteiger charge is -2.35. The molecule has 1 heterocycles. The van der Waals surface area contributed by atoms with Crippen molar-refractivity contribution in [3.05, 3.63) is 29.8 Å². The topological polar surface area (TPSA) is 44.4 Å². The Morgan fingerprint density at radius 1 is 1.29 bits per heavy atom. The van der Waals surface area contributed by atoms with Crippen molar-refractivity contribution in [2.24, 2.45) is 0 Å². The van der Waals surface area contributed by atoms with Gasteiger partial charge in [-0.15, -0.1) is 0 Å². The zero-order chi connectivity index (χ0) is 15.4. The normalized spacial score (nSPS) is 23.3. The van der Waals surface area contributed by atoms with Gasteiger partial charge < -0.3 is 10.6 Å². The van der Waals surface area contributed by atoms with Crippen molar-refractivity contribution in [2.75, 3.05) is 25.0 Å². The number of hydrogen-bond acceptors (Lipinski definition) is 3. The van der Waals surface area contributed by atoms with Crippen molar-refractivity contribution in [1.82, 2.24) is 10.2 Å². The van der Waals surface area contributed by atoms with E-state index in [0.29, 0.717) is 24.5 Å². The summed E-state index contributed by atoms with van der Waals surface area (Å²) in [6.07, 6.45) is 0. The summed E-state index contributed by atoms with van der Waals surface area (Å²) in [5.74, 6) is 0.477. The third-order valence-electron chi connectivity index (χ3n) is 3.86. The van der Waals surface area contributed by atoms with E-state index in [1.807, 2.05) is 18.2 Å². The molecule has 2 unspecified atom stereocenters. The summed E-state index contributed by atoms with van der Waals surface area (Å²) in [6, 6.07) is 8.92. The fourth-order valence-electron chi connectivity index (χ4n) is 3.08. The van der Waals surface area contributed by atoms with Gasteiger partial charge in [-0.3, -0.25) is 9.69 Å². The molecule has 4 heteroatoms. The molecule has 4 nitrogen and oxygen atoms in total. The average Bonchev–Trinajstić information content (AvgIpc) is 2.37. The molecule has 1 fully saturated rings. The Kier molecular flexibility index (Phi) is 5.37. The lowest BCUT2D eigenvalue weighted by molar-refractivity contribution is -0.117. The van der Waals surface area contributed by atoms with Crippen LogP contribution < -0.4 is 10.6 Å². The minimum absolute atomic E-state index is 0.0735. The van der Waals surface area contributed by atoms with E-state index in [1.165, 1.54) is 5.56 Å². The zero-order valence-corrected chi connectivity index (χ0v) is 13.5. The van der Waals surface area contributed by atoms with Crippen LogP contribution in [0.1, 0.15) is 39.2 Å². The van der Waals surface area contributed by atoms with E-state index in [9.17, 15) is 4.79 Å². The largest absolute Gasteiger partial charge is 0.325 e. The predicted molar refractivity (Wildman–Crippen MR) is 87.7 cm³/mol. The molecule has 0 bridgehead atoms. The van der Waals surface area contributed by atoms with Crippen molar-refractivity contribution in [3.63, 3.8) is 0 Å². The van der Waals surface area contributed by atoms with Crippen LogP contribution in [0, 0.1) is 0 Å². The molecule has 1 aliphatic heterocycles. The van der Waals surface area contributed by atoms with Crippen molar-refractivity contribution in [1.29, 1.82) is 0 Å². The summed E-state index contributed by atoms with van der Waals surface area (Å²) in [5, 5.41) is 6.55. The third-order valence-corrected chi connectivity index (χ3v) is 3.86. The van der Waals surface area contributed by atoms with E-state index in [1.54, 1.807) is 0 Å². The molecule has 1 amide bonds. The summed E-state index contributed by atoms with van der Waals surface area (Å²) in [7, 11) is 0. The zero-order valence-electron chi connectivity index (χ0n) is 13.5. The molecule has 2 N–H and O–H groups in total. The Hall–Kier alpha value is -1.39. The predicted octanol–water partition coefficient (Wildman–Crippen LogP) is 2.43. The summed E-state index contributed by atoms with van der Waals surface area (Å²) < 4.78 is 0. The average molecular weight is 289 g/mol. The van der Waals surface area contributed by atoms with E-state index in [4.69, 9.17) is 0 Å². The molecule has 2 atom stereocenters. The maximum absolute atomic E-state index is 12.3. The maximum atomic E-state index is 12.3. The first-order valence-electron chi connectivity index (χ1n) is 7.83. The number of piperazine rings is 1. The number of amides is 1. The van der Waals surface area contributed by atoms with E-state index in [0.717, 1.165) is 18.8 Å². The Morgan fingerprint density at radius 3 is 2.52 bits per heavy atom. The molecule has 0 radical (unpaired) electrons. The van der Waals surface area contributed by atoms with Gasteiger partial charge in [0.1, 0.15) is 0 Å². The summed E-state index contributed by atoms with van der Waals surface area (Å²) in [4.78, 5) is 14.5. The highest BCUT2D eigenvalue weighted by molar-refractivity contribution is 5.93.